The third-order valence-corrected chi connectivity index (χ3v) is 4.41. The average molecular weight is 380 g/mol. The third-order valence-electron chi connectivity index (χ3n) is 4.41. The van der Waals surface area contributed by atoms with Crippen molar-refractivity contribution >= 4 is 18.0 Å². The van der Waals surface area contributed by atoms with Crippen LogP contribution in [0, 0.1) is 0 Å². The standard InChI is InChI=1S/C21H20N2O5/c24-19(22-11-5-10-20(25)26)12-23-21(27)28-13-18-16-8-3-1-6-14(16)15-7-2-4-9-17(15)18/h1-10,18H,11-13H2,(H,22,24)(H,23,27)(H,25,26)/b10-5+. The minimum Gasteiger partial charge on any atom is -0.478 e. The van der Waals surface area contributed by atoms with Crippen LogP contribution in [0.5, 0.6) is 0 Å². The molecule has 0 unspecified atom stereocenters. The number of carbonyl (C=O) groups is 3. The van der Waals surface area contributed by atoms with E-state index in [2.05, 4.69) is 22.8 Å². The Kier molecular flexibility index (Phi) is 6.06. The van der Waals surface area contributed by atoms with Crippen LogP contribution in [0.1, 0.15) is 17.0 Å². The van der Waals surface area contributed by atoms with Gasteiger partial charge in [-0.1, -0.05) is 54.6 Å². The summed E-state index contributed by atoms with van der Waals surface area (Å²) in [5.41, 5.74) is 4.50. The molecule has 0 aliphatic heterocycles. The molecule has 0 aromatic heterocycles. The number of carbonyl (C=O) groups excluding carboxylic acids is 2. The summed E-state index contributed by atoms with van der Waals surface area (Å²) in [4.78, 5) is 33.9. The summed E-state index contributed by atoms with van der Waals surface area (Å²) in [6.07, 6.45) is 1.55. The van der Waals surface area contributed by atoms with Crippen LogP contribution in [0.2, 0.25) is 0 Å². The van der Waals surface area contributed by atoms with Gasteiger partial charge >= 0.3 is 12.1 Å². The maximum Gasteiger partial charge on any atom is 0.407 e. The van der Waals surface area contributed by atoms with E-state index in [1.807, 2.05) is 36.4 Å². The van der Waals surface area contributed by atoms with Gasteiger partial charge in [0.1, 0.15) is 13.2 Å². The van der Waals surface area contributed by atoms with Gasteiger partial charge in [0.05, 0.1) is 0 Å². The molecule has 144 valence electrons. The molecule has 0 bridgehead atoms. The summed E-state index contributed by atoms with van der Waals surface area (Å²) in [7, 11) is 0. The molecule has 7 nitrogen and oxygen atoms in total. The predicted octanol–water partition coefficient (Wildman–Crippen LogP) is 2.28. The zero-order valence-corrected chi connectivity index (χ0v) is 15.1. The van der Waals surface area contributed by atoms with E-state index in [0.717, 1.165) is 28.3 Å². The van der Waals surface area contributed by atoms with E-state index < -0.39 is 18.0 Å². The van der Waals surface area contributed by atoms with Crippen LogP contribution in [0.25, 0.3) is 11.1 Å². The van der Waals surface area contributed by atoms with Gasteiger partial charge in [0, 0.05) is 18.5 Å². The molecular weight excluding hydrogens is 360 g/mol. The highest BCUT2D eigenvalue weighted by atomic mass is 16.5. The number of alkyl carbamates (subject to hydrolysis) is 1. The number of amides is 2. The quantitative estimate of drug-likeness (QED) is 0.639. The van der Waals surface area contributed by atoms with Gasteiger partial charge in [-0.15, -0.1) is 0 Å². The lowest BCUT2D eigenvalue weighted by Crippen LogP contribution is -2.37. The van der Waals surface area contributed by atoms with E-state index >= 15 is 0 Å². The molecule has 0 heterocycles. The molecule has 2 aromatic carbocycles. The molecule has 0 fully saturated rings. The fourth-order valence-electron chi connectivity index (χ4n) is 3.20. The Labute approximate surface area is 162 Å². The second kappa shape index (κ2) is 8.85. The molecule has 0 atom stereocenters. The van der Waals surface area contributed by atoms with Crippen LogP contribution in [0.3, 0.4) is 0 Å². The predicted molar refractivity (Wildman–Crippen MR) is 103 cm³/mol. The Balaban J connectivity index is 1.50. The van der Waals surface area contributed by atoms with Crippen molar-refractivity contribution in [1.29, 1.82) is 0 Å². The van der Waals surface area contributed by atoms with Crippen molar-refractivity contribution < 1.29 is 24.2 Å². The van der Waals surface area contributed by atoms with E-state index in [1.54, 1.807) is 0 Å². The monoisotopic (exact) mass is 380 g/mol. The van der Waals surface area contributed by atoms with E-state index in [-0.39, 0.29) is 25.6 Å². The van der Waals surface area contributed by atoms with Crippen LogP contribution >= 0.6 is 0 Å². The molecule has 0 saturated heterocycles. The molecule has 0 spiro atoms. The van der Waals surface area contributed by atoms with Crippen molar-refractivity contribution in [2.45, 2.75) is 5.92 Å². The van der Waals surface area contributed by atoms with E-state index in [1.165, 1.54) is 6.08 Å². The maximum atomic E-state index is 11.9. The highest BCUT2D eigenvalue weighted by molar-refractivity contribution is 5.83. The minimum atomic E-state index is -1.09. The lowest BCUT2D eigenvalue weighted by Gasteiger charge is -2.14. The van der Waals surface area contributed by atoms with Gasteiger partial charge in [-0.05, 0) is 22.3 Å². The maximum absolute atomic E-state index is 11.9. The molecule has 1 aliphatic carbocycles. The first-order valence-electron chi connectivity index (χ1n) is 8.81. The van der Waals surface area contributed by atoms with Crippen molar-refractivity contribution in [3.63, 3.8) is 0 Å². The number of fused-ring (bicyclic) bond motifs is 3. The van der Waals surface area contributed by atoms with E-state index in [0.29, 0.717) is 0 Å². The Morgan fingerprint density at radius 2 is 1.57 bits per heavy atom. The van der Waals surface area contributed by atoms with Gasteiger partial charge in [-0.3, -0.25) is 4.79 Å². The largest absolute Gasteiger partial charge is 0.478 e. The molecule has 0 radical (unpaired) electrons. The summed E-state index contributed by atoms with van der Waals surface area (Å²) in [5.74, 6) is -1.58. The van der Waals surface area contributed by atoms with Gasteiger partial charge in [0.2, 0.25) is 5.91 Å². The van der Waals surface area contributed by atoms with Crippen molar-refractivity contribution in [2.24, 2.45) is 0 Å². The van der Waals surface area contributed by atoms with Crippen molar-refractivity contribution in [3.05, 3.63) is 71.8 Å². The number of hydrogen-bond acceptors (Lipinski definition) is 4. The second-order valence-electron chi connectivity index (χ2n) is 6.22. The van der Waals surface area contributed by atoms with Crippen molar-refractivity contribution in [2.75, 3.05) is 19.7 Å². The minimum absolute atomic E-state index is 0.0480. The fourth-order valence-corrected chi connectivity index (χ4v) is 3.20. The highest BCUT2D eigenvalue weighted by Gasteiger charge is 2.28. The van der Waals surface area contributed by atoms with Crippen LogP contribution in [0.4, 0.5) is 4.79 Å². The fraction of sp³-hybridized carbons (Fsp3) is 0.190. The summed E-state index contributed by atoms with van der Waals surface area (Å²) in [6, 6.07) is 16.0. The molecule has 28 heavy (non-hydrogen) atoms. The van der Waals surface area contributed by atoms with Crippen LogP contribution in [-0.4, -0.2) is 42.8 Å². The smallest absolute Gasteiger partial charge is 0.407 e. The number of aliphatic carboxylic acids is 1. The number of benzene rings is 2. The molecule has 3 N–H and O–H groups in total. The second-order valence-corrected chi connectivity index (χ2v) is 6.22. The van der Waals surface area contributed by atoms with Gasteiger partial charge < -0.3 is 20.5 Å². The zero-order chi connectivity index (χ0) is 19.9. The Hall–Kier alpha value is -3.61. The third kappa shape index (κ3) is 4.56. The molecular formula is C21H20N2O5. The lowest BCUT2D eigenvalue weighted by molar-refractivity contribution is -0.131. The average Bonchev–Trinajstić information content (AvgIpc) is 3.02. The normalized spacial score (nSPS) is 12.3. The summed E-state index contributed by atoms with van der Waals surface area (Å²) < 4.78 is 5.33. The first-order valence-corrected chi connectivity index (χ1v) is 8.81. The van der Waals surface area contributed by atoms with Crippen molar-refractivity contribution in [1.82, 2.24) is 10.6 Å². The number of carboxylic acid groups (broad SMARTS) is 1. The first kappa shape index (κ1) is 19.2. The topological polar surface area (TPSA) is 105 Å². The summed E-state index contributed by atoms with van der Waals surface area (Å²) >= 11 is 0. The molecule has 2 aromatic rings. The lowest BCUT2D eigenvalue weighted by atomic mass is 9.98. The summed E-state index contributed by atoms with van der Waals surface area (Å²) in [6.45, 7) is -0.0160. The molecule has 0 saturated carbocycles. The van der Waals surface area contributed by atoms with E-state index in [9.17, 15) is 14.4 Å². The van der Waals surface area contributed by atoms with Gasteiger partial charge in [0.15, 0.2) is 0 Å². The van der Waals surface area contributed by atoms with Gasteiger partial charge in [-0.2, -0.15) is 0 Å². The van der Waals surface area contributed by atoms with Gasteiger partial charge in [-0.25, -0.2) is 9.59 Å². The van der Waals surface area contributed by atoms with Crippen LogP contribution in [-0.2, 0) is 14.3 Å². The first-order chi connectivity index (χ1) is 13.6. The SMILES string of the molecule is O=C(O)/C=C/CNC(=O)CNC(=O)OCC1c2ccccc2-c2ccccc21. The van der Waals surface area contributed by atoms with Crippen LogP contribution in [0.15, 0.2) is 60.7 Å². The number of nitrogens with one attached hydrogen (secondary N) is 2. The van der Waals surface area contributed by atoms with Crippen molar-refractivity contribution in [3.8, 4) is 11.1 Å². The van der Waals surface area contributed by atoms with Gasteiger partial charge in [0.25, 0.3) is 0 Å². The number of ether oxygens (including phenoxy) is 1. The Morgan fingerprint density at radius 1 is 0.964 bits per heavy atom. The number of rotatable bonds is 7. The number of hydrogen-bond donors (Lipinski definition) is 3. The molecule has 3 rings (SSSR count). The molecule has 2 amide bonds. The zero-order valence-electron chi connectivity index (χ0n) is 15.1. The molecule has 7 heteroatoms. The number of carboxylic acids is 1. The highest BCUT2D eigenvalue weighted by Crippen LogP contribution is 2.44. The van der Waals surface area contributed by atoms with E-state index in [4.69, 9.17) is 9.84 Å². The summed E-state index contributed by atoms with van der Waals surface area (Å²) in [5, 5.41) is 13.3. The van der Waals surface area contributed by atoms with Crippen LogP contribution < -0.4 is 10.6 Å². The Bertz CT molecular complexity index is 877. The Morgan fingerprint density at radius 3 is 2.18 bits per heavy atom. The molecule has 1 aliphatic rings.